The molecular weight excluding hydrogens is 570 g/mol. The lowest BCUT2D eigenvalue weighted by atomic mass is 9.97. The van der Waals surface area contributed by atoms with E-state index in [-0.39, 0.29) is 48.1 Å². The van der Waals surface area contributed by atoms with Crippen LogP contribution in [0.5, 0.6) is 0 Å². The average Bonchev–Trinajstić information content (AvgIpc) is 3.03. The van der Waals surface area contributed by atoms with Crippen molar-refractivity contribution in [2.45, 2.75) is 64.1 Å². The van der Waals surface area contributed by atoms with Gasteiger partial charge in [0.2, 0.25) is 11.5 Å². The second-order valence-electron chi connectivity index (χ2n) is 10.9. The number of nitrogen functional groups attached to an aromatic ring is 1. The molecule has 0 bridgehead atoms. The Morgan fingerprint density at radius 1 is 1.16 bits per heavy atom. The molecule has 4 rings (SSSR count). The molecule has 7 N–H and O–H groups in total. The van der Waals surface area contributed by atoms with Crippen molar-refractivity contribution in [3.05, 3.63) is 50.3 Å². The maximum Gasteiger partial charge on any atom is 0.293 e. The van der Waals surface area contributed by atoms with E-state index in [9.17, 15) is 24.0 Å². The van der Waals surface area contributed by atoms with Gasteiger partial charge in [-0.05, 0) is 39.3 Å². The van der Waals surface area contributed by atoms with Crippen molar-refractivity contribution in [1.82, 2.24) is 30.1 Å². The number of piperazine rings is 1. The summed E-state index contributed by atoms with van der Waals surface area (Å²) in [5.74, 6) is 0.0630. The van der Waals surface area contributed by atoms with Gasteiger partial charge >= 0.3 is 0 Å². The van der Waals surface area contributed by atoms with Crippen LogP contribution in [0.15, 0.2) is 27.9 Å². The first kappa shape index (κ1) is 34.3. The molecule has 2 aliphatic heterocycles. The van der Waals surface area contributed by atoms with Gasteiger partial charge in [-0.1, -0.05) is 6.92 Å². The third kappa shape index (κ3) is 8.89. The van der Waals surface area contributed by atoms with Crippen LogP contribution < -0.4 is 32.8 Å². The van der Waals surface area contributed by atoms with Crippen molar-refractivity contribution in [2.75, 3.05) is 57.0 Å². The normalized spacial score (nSPS) is 18.1. The summed E-state index contributed by atoms with van der Waals surface area (Å²) in [6, 6.07) is 3.27. The maximum absolute atomic E-state index is 12.9. The molecule has 0 saturated carbocycles. The molecule has 2 saturated heterocycles. The van der Waals surface area contributed by atoms with E-state index in [0.717, 1.165) is 25.8 Å². The molecule has 0 aromatic carbocycles. The van der Waals surface area contributed by atoms with Crippen LogP contribution in [0.1, 0.15) is 55.6 Å². The molecule has 15 heteroatoms. The highest BCUT2D eigenvalue weighted by atomic mass is 16.5. The minimum Gasteiger partial charge on any atom is -0.468 e. The number of nitrogens with two attached hydrogens (primary N) is 2. The molecule has 242 valence electrons. The highest BCUT2D eigenvalue weighted by molar-refractivity contribution is 5.92. The number of carbonyl (C=O) groups is 3. The van der Waals surface area contributed by atoms with Gasteiger partial charge in [0.25, 0.3) is 17.9 Å². The Kier molecular flexibility index (Phi) is 12.9. The number of aromatic nitrogens is 3. The van der Waals surface area contributed by atoms with Crippen molar-refractivity contribution in [3.63, 3.8) is 0 Å². The minimum absolute atomic E-state index is 0.00661. The zero-order valence-corrected chi connectivity index (χ0v) is 25.7. The average molecular weight is 616 g/mol. The molecule has 0 radical (unpaired) electrons. The van der Waals surface area contributed by atoms with Crippen LogP contribution in [0.3, 0.4) is 0 Å². The van der Waals surface area contributed by atoms with Gasteiger partial charge in [-0.3, -0.25) is 28.9 Å². The monoisotopic (exact) mass is 615 g/mol. The highest BCUT2D eigenvalue weighted by Gasteiger charge is 2.35. The zero-order chi connectivity index (χ0) is 32.2. The predicted octanol–water partition coefficient (Wildman–Crippen LogP) is -0.569. The highest BCUT2D eigenvalue weighted by Crippen LogP contribution is 2.25. The number of pyridine rings is 1. The van der Waals surface area contributed by atoms with Crippen LogP contribution in [-0.2, 0) is 20.7 Å². The Labute approximate surface area is 256 Å². The molecule has 44 heavy (non-hydrogen) atoms. The summed E-state index contributed by atoms with van der Waals surface area (Å²) in [5.41, 5.74) is 10.4. The second kappa shape index (κ2) is 16.6. The molecule has 2 atom stereocenters. The molecule has 2 aromatic heterocycles. The van der Waals surface area contributed by atoms with Gasteiger partial charge in [-0.25, -0.2) is 4.98 Å². The first-order chi connectivity index (χ1) is 21.2. The van der Waals surface area contributed by atoms with E-state index < -0.39 is 11.5 Å². The smallest absolute Gasteiger partial charge is 0.293 e. The number of likely N-dealkylation sites (tertiary alicyclic amines) is 1. The Morgan fingerprint density at radius 3 is 2.52 bits per heavy atom. The molecule has 0 aliphatic carbocycles. The van der Waals surface area contributed by atoms with Crippen molar-refractivity contribution in [2.24, 2.45) is 5.73 Å². The lowest BCUT2D eigenvalue weighted by molar-refractivity contribution is -0.132. The van der Waals surface area contributed by atoms with Crippen LogP contribution in [0.4, 0.5) is 11.6 Å². The van der Waals surface area contributed by atoms with Crippen LogP contribution in [0, 0.1) is 0 Å². The summed E-state index contributed by atoms with van der Waals surface area (Å²) in [4.78, 5) is 75.9. The largest absolute Gasteiger partial charge is 0.468 e. The number of aromatic amines is 2. The van der Waals surface area contributed by atoms with E-state index in [1.807, 2.05) is 9.80 Å². The molecule has 0 spiro atoms. The number of ether oxygens (including phenoxy) is 1. The molecule has 2 aliphatic rings. The van der Waals surface area contributed by atoms with Gasteiger partial charge in [0, 0.05) is 68.9 Å². The Morgan fingerprint density at radius 2 is 1.89 bits per heavy atom. The molecule has 4 heterocycles. The van der Waals surface area contributed by atoms with Crippen LogP contribution in [0.2, 0.25) is 0 Å². The number of piperidine rings is 1. The summed E-state index contributed by atoms with van der Waals surface area (Å²) < 4.78 is 4.66. The van der Waals surface area contributed by atoms with Gasteiger partial charge in [-0.2, -0.15) is 0 Å². The Balaban J connectivity index is 0.00000259. The lowest BCUT2D eigenvalue weighted by Crippen LogP contribution is -2.59. The Hall–Kier alpha value is -4.24. The summed E-state index contributed by atoms with van der Waals surface area (Å²) in [6.07, 6.45) is 4.58. The zero-order valence-electron chi connectivity index (χ0n) is 25.7. The SMILES string of the molecule is CCC1CN(c2ncc(C(=O)NC(C)CCOC=O)[nH]c2=O)CCN1C1CCN(C(=O)Cc2ccc(=O)[nH]c2N)CC1.CN. The van der Waals surface area contributed by atoms with Crippen LogP contribution in [-0.4, -0.2) is 108 Å². The third-order valence-corrected chi connectivity index (χ3v) is 8.09. The number of carbonyl (C=O) groups excluding carboxylic acids is 3. The number of nitrogens with zero attached hydrogens (tertiary/aromatic N) is 4. The fourth-order valence-corrected chi connectivity index (χ4v) is 5.70. The van der Waals surface area contributed by atoms with Crippen molar-refractivity contribution < 1.29 is 19.1 Å². The topological polar surface area (TPSA) is 213 Å². The van der Waals surface area contributed by atoms with Gasteiger partial charge < -0.3 is 41.3 Å². The minimum atomic E-state index is -0.451. The van der Waals surface area contributed by atoms with E-state index in [1.165, 1.54) is 19.3 Å². The summed E-state index contributed by atoms with van der Waals surface area (Å²) >= 11 is 0. The Bertz CT molecular complexity index is 1370. The molecule has 2 amide bonds. The van der Waals surface area contributed by atoms with Gasteiger partial charge in [-0.15, -0.1) is 0 Å². The molecule has 15 nitrogen and oxygen atoms in total. The number of hydrogen-bond acceptors (Lipinski definition) is 11. The second-order valence-corrected chi connectivity index (χ2v) is 10.9. The van der Waals surface area contributed by atoms with E-state index in [4.69, 9.17) is 5.73 Å². The third-order valence-electron chi connectivity index (χ3n) is 8.09. The standard InChI is InChI=1S/C28H40N8O6.CH5N/c1-3-20-16-35(26-28(41)32-22(15-30-26)27(40)31-18(2)8-13-42-17-37)11-12-36(20)21-6-9-34(10-7-21)24(39)14-19-4-5-23(38)33-25(19)29;1-2/h4-5,15,17-18,20-21H,3,6-14,16H2,1-2H3,(H,31,40)(H,32,41)(H3,29,33,38);2H2,1H3. The fourth-order valence-electron chi connectivity index (χ4n) is 5.70. The summed E-state index contributed by atoms with van der Waals surface area (Å²) in [6.45, 7) is 7.77. The van der Waals surface area contributed by atoms with Crippen molar-refractivity contribution in [3.8, 4) is 0 Å². The number of nitrogens with one attached hydrogen (secondary N) is 3. The molecule has 2 unspecified atom stereocenters. The quantitative estimate of drug-likeness (QED) is 0.159. The van der Waals surface area contributed by atoms with Gasteiger partial charge in [0.1, 0.15) is 11.5 Å². The summed E-state index contributed by atoms with van der Waals surface area (Å²) in [5, 5.41) is 2.76. The van der Waals surface area contributed by atoms with Crippen molar-refractivity contribution in [1.29, 1.82) is 0 Å². The van der Waals surface area contributed by atoms with E-state index >= 15 is 0 Å². The van der Waals surface area contributed by atoms with Crippen LogP contribution >= 0.6 is 0 Å². The first-order valence-electron chi connectivity index (χ1n) is 15.0. The van der Waals surface area contributed by atoms with Crippen molar-refractivity contribution >= 4 is 29.9 Å². The van der Waals surface area contributed by atoms with Gasteiger partial charge in [0.05, 0.1) is 19.2 Å². The number of rotatable bonds is 11. The molecular formula is C29H45N9O6. The lowest BCUT2D eigenvalue weighted by Gasteiger charge is -2.47. The number of amides is 2. The number of anilines is 2. The summed E-state index contributed by atoms with van der Waals surface area (Å²) in [7, 11) is 1.50. The number of H-pyrrole nitrogens is 2. The number of hydrogen-bond donors (Lipinski definition) is 5. The first-order valence-corrected chi connectivity index (χ1v) is 15.0. The van der Waals surface area contributed by atoms with E-state index in [2.05, 4.69) is 42.6 Å². The molecule has 2 fully saturated rings. The predicted molar refractivity (Wildman–Crippen MR) is 166 cm³/mol. The van der Waals surface area contributed by atoms with E-state index in [0.29, 0.717) is 56.5 Å². The molecule has 2 aromatic rings. The van der Waals surface area contributed by atoms with Crippen LogP contribution in [0.25, 0.3) is 0 Å². The van der Waals surface area contributed by atoms with Gasteiger partial charge in [0.15, 0.2) is 5.82 Å². The maximum atomic E-state index is 12.9. The fraction of sp³-hybridized carbons (Fsp3) is 0.586. The van der Waals surface area contributed by atoms with E-state index in [1.54, 1.807) is 13.0 Å².